The van der Waals surface area contributed by atoms with E-state index in [0.717, 1.165) is 23.2 Å². The molecule has 1 atom stereocenters. The molecule has 1 unspecified atom stereocenters. The van der Waals surface area contributed by atoms with Gasteiger partial charge in [0.2, 0.25) is 5.91 Å². The number of anilines is 1. The zero-order valence-corrected chi connectivity index (χ0v) is 13.1. The van der Waals surface area contributed by atoms with Crippen LogP contribution in [0.3, 0.4) is 0 Å². The minimum atomic E-state index is -0.611. The molecule has 2 aromatic rings. The normalized spacial score (nSPS) is 17.5. The van der Waals surface area contributed by atoms with Gasteiger partial charge in [-0.1, -0.05) is 48.5 Å². The van der Waals surface area contributed by atoms with Crippen molar-refractivity contribution < 1.29 is 14.8 Å². The molecule has 1 aliphatic rings. The monoisotopic (exact) mass is 322 g/mol. The SMILES string of the molecule is O=C(/C=C/c1ccccc1N1CCC(c2ccccc2)C1=O)NO. The first kappa shape index (κ1) is 16.0. The van der Waals surface area contributed by atoms with E-state index in [2.05, 4.69) is 0 Å². The molecule has 5 heteroatoms. The number of hydrogen-bond donors (Lipinski definition) is 2. The molecule has 2 N–H and O–H groups in total. The third-order valence-corrected chi connectivity index (χ3v) is 4.16. The van der Waals surface area contributed by atoms with Gasteiger partial charge in [0.05, 0.1) is 11.6 Å². The minimum absolute atomic E-state index is 0.0636. The summed E-state index contributed by atoms with van der Waals surface area (Å²) >= 11 is 0. The first-order valence-electron chi connectivity index (χ1n) is 7.78. The van der Waals surface area contributed by atoms with Gasteiger partial charge in [-0.15, -0.1) is 0 Å². The van der Waals surface area contributed by atoms with Crippen LogP contribution in [-0.2, 0) is 9.59 Å². The van der Waals surface area contributed by atoms with Crippen molar-refractivity contribution in [3.8, 4) is 0 Å². The standard InChI is InChI=1S/C19H18N2O3/c22-18(20-24)11-10-15-8-4-5-9-17(15)21-13-12-16(19(21)23)14-6-2-1-3-7-14/h1-11,16,24H,12-13H2,(H,20,22)/b11-10+. The van der Waals surface area contributed by atoms with E-state index >= 15 is 0 Å². The van der Waals surface area contributed by atoms with Crippen molar-refractivity contribution in [3.05, 3.63) is 71.8 Å². The second-order valence-electron chi connectivity index (χ2n) is 5.61. The van der Waals surface area contributed by atoms with Crippen LogP contribution in [-0.4, -0.2) is 23.6 Å². The van der Waals surface area contributed by atoms with Crippen molar-refractivity contribution in [1.82, 2.24) is 5.48 Å². The van der Waals surface area contributed by atoms with Crippen LogP contribution in [0.5, 0.6) is 0 Å². The zero-order valence-electron chi connectivity index (χ0n) is 13.1. The molecule has 0 bridgehead atoms. The van der Waals surface area contributed by atoms with Crippen LogP contribution in [0.1, 0.15) is 23.5 Å². The van der Waals surface area contributed by atoms with E-state index in [1.165, 1.54) is 6.08 Å². The summed E-state index contributed by atoms with van der Waals surface area (Å²) in [7, 11) is 0. The average Bonchev–Trinajstić information content (AvgIpc) is 3.02. The molecule has 2 aromatic carbocycles. The van der Waals surface area contributed by atoms with E-state index in [0.29, 0.717) is 6.54 Å². The van der Waals surface area contributed by atoms with Crippen molar-refractivity contribution >= 4 is 23.6 Å². The maximum Gasteiger partial charge on any atom is 0.267 e. The number of para-hydroxylation sites is 1. The molecule has 0 aromatic heterocycles. The lowest BCUT2D eigenvalue weighted by atomic mass is 9.98. The van der Waals surface area contributed by atoms with Gasteiger partial charge in [-0.2, -0.15) is 0 Å². The van der Waals surface area contributed by atoms with Crippen LogP contribution in [0.4, 0.5) is 5.69 Å². The third-order valence-electron chi connectivity index (χ3n) is 4.16. The Bertz CT molecular complexity index is 771. The quantitative estimate of drug-likeness (QED) is 0.516. The number of nitrogens with zero attached hydrogens (tertiary/aromatic N) is 1. The van der Waals surface area contributed by atoms with Crippen LogP contribution in [0.2, 0.25) is 0 Å². The molecule has 0 spiro atoms. The highest BCUT2D eigenvalue weighted by Gasteiger charge is 2.34. The molecule has 122 valence electrons. The zero-order chi connectivity index (χ0) is 16.9. The number of carbonyl (C=O) groups excluding carboxylic acids is 2. The molecule has 3 rings (SSSR count). The number of hydroxylamine groups is 1. The minimum Gasteiger partial charge on any atom is -0.311 e. The molecular formula is C19H18N2O3. The Labute approximate surface area is 140 Å². The molecule has 2 amide bonds. The van der Waals surface area contributed by atoms with Gasteiger partial charge >= 0.3 is 0 Å². The Kier molecular flexibility index (Phi) is 4.72. The molecule has 1 saturated heterocycles. The molecule has 1 aliphatic heterocycles. The lowest BCUT2D eigenvalue weighted by molar-refractivity contribution is -0.124. The molecule has 24 heavy (non-hydrogen) atoms. The smallest absolute Gasteiger partial charge is 0.267 e. The first-order chi connectivity index (χ1) is 11.7. The predicted molar refractivity (Wildman–Crippen MR) is 91.6 cm³/mol. The van der Waals surface area contributed by atoms with Gasteiger partial charge < -0.3 is 4.90 Å². The molecule has 1 fully saturated rings. The maximum atomic E-state index is 12.8. The highest BCUT2D eigenvalue weighted by Crippen LogP contribution is 2.34. The number of carbonyl (C=O) groups is 2. The first-order valence-corrected chi connectivity index (χ1v) is 7.78. The molecule has 0 saturated carbocycles. The van der Waals surface area contributed by atoms with Crippen molar-refractivity contribution in [2.75, 3.05) is 11.4 Å². The summed E-state index contributed by atoms with van der Waals surface area (Å²) in [5.41, 5.74) is 4.10. The van der Waals surface area contributed by atoms with Gasteiger partial charge in [0.1, 0.15) is 0 Å². The lowest BCUT2D eigenvalue weighted by Crippen LogP contribution is -2.27. The number of benzene rings is 2. The van der Waals surface area contributed by atoms with Gasteiger partial charge in [-0.3, -0.25) is 14.8 Å². The average molecular weight is 322 g/mol. The number of nitrogens with one attached hydrogen (secondary N) is 1. The predicted octanol–water partition coefficient (Wildman–Crippen LogP) is 2.73. The topological polar surface area (TPSA) is 69.6 Å². The Hall–Kier alpha value is -2.92. The fourth-order valence-electron chi connectivity index (χ4n) is 2.99. The van der Waals surface area contributed by atoms with E-state index < -0.39 is 5.91 Å². The van der Waals surface area contributed by atoms with Crippen LogP contribution in [0.15, 0.2) is 60.7 Å². The van der Waals surface area contributed by atoms with E-state index in [4.69, 9.17) is 5.21 Å². The van der Waals surface area contributed by atoms with Crippen molar-refractivity contribution in [2.45, 2.75) is 12.3 Å². The summed E-state index contributed by atoms with van der Waals surface area (Å²) in [6.07, 6.45) is 3.58. The maximum absolute atomic E-state index is 12.8. The number of hydrogen-bond acceptors (Lipinski definition) is 3. The molecule has 0 radical (unpaired) electrons. The molecule has 0 aliphatic carbocycles. The van der Waals surface area contributed by atoms with E-state index in [1.807, 2.05) is 54.6 Å². The van der Waals surface area contributed by atoms with Crippen LogP contribution >= 0.6 is 0 Å². The number of amides is 2. The van der Waals surface area contributed by atoms with Gasteiger partial charge in [-0.05, 0) is 29.7 Å². The molecular weight excluding hydrogens is 304 g/mol. The largest absolute Gasteiger partial charge is 0.311 e. The van der Waals surface area contributed by atoms with Gasteiger partial charge in [0.15, 0.2) is 0 Å². The summed E-state index contributed by atoms with van der Waals surface area (Å²) in [6, 6.07) is 17.2. The molecule has 5 nitrogen and oxygen atoms in total. The Morgan fingerprint density at radius 2 is 1.83 bits per heavy atom. The van der Waals surface area contributed by atoms with E-state index in [-0.39, 0.29) is 11.8 Å². The Morgan fingerprint density at radius 1 is 1.12 bits per heavy atom. The summed E-state index contributed by atoms with van der Waals surface area (Å²) < 4.78 is 0. The summed E-state index contributed by atoms with van der Waals surface area (Å²) in [5, 5.41) is 8.58. The lowest BCUT2D eigenvalue weighted by Gasteiger charge is -2.19. The Balaban J connectivity index is 1.87. The van der Waals surface area contributed by atoms with Gasteiger partial charge in [0, 0.05) is 12.6 Å². The Morgan fingerprint density at radius 3 is 2.58 bits per heavy atom. The van der Waals surface area contributed by atoms with Crippen LogP contribution < -0.4 is 10.4 Å². The van der Waals surface area contributed by atoms with Gasteiger partial charge in [-0.25, -0.2) is 5.48 Å². The van der Waals surface area contributed by atoms with Crippen LogP contribution in [0.25, 0.3) is 6.08 Å². The highest BCUT2D eigenvalue weighted by atomic mass is 16.5. The van der Waals surface area contributed by atoms with Crippen molar-refractivity contribution in [3.63, 3.8) is 0 Å². The third kappa shape index (κ3) is 3.21. The van der Waals surface area contributed by atoms with Crippen molar-refractivity contribution in [1.29, 1.82) is 0 Å². The summed E-state index contributed by atoms with van der Waals surface area (Å²) in [6.45, 7) is 0.634. The fraction of sp³-hybridized carbons (Fsp3) is 0.158. The van der Waals surface area contributed by atoms with Crippen molar-refractivity contribution in [2.24, 2.45) is 0 Å². The van der Waals surface area contributed by atoms with Crippen LogP contribution in [0, 0.1) is 0 Å². The highest BCUT2D eigenvalue weighted by molar-refractivity contribution is 6.02. The molecule has 1 heterocycles. The summed E-state index contributed by atoms with van der Waals surface area (Å²) in [4.78, 5) is 25.8. The van der Waals surface area contributed by atoms with E-state index in [9.17, 15) is 9.59 Å². The van der Waals surface area contributed by atoms with Gasteiger partial charge in [0.25, 0.3) is 5.91 Å². The van der Waals surface area contributed by atoms with E-state index in [1.54, 1.807) is 16.5 Å². The second-order valence-corrected chi connectivity index (χ2v) is 5.61. The summed E-state index contributed by atoms with van der Waals surface area (Å²) in [5.74, 6) is -0.683. The number of rotatable bonds is 4. The second kappa shape index (κ2) is 7.10. The fourth-order valence-corrected chi connectivity index (χ4v) is 2.99.